The Balaban J connectivity index is 1.71. The van der Waals surface area contributed by atoms with Gasteiger partial charge in [-0.15, -0.1) is 0 Å². The number of allylic oxidation sites excluding steroid dienone is 2. The maximum Gasteiger partial charge on any atom is 0.374 e. The number of Topliss-reactive ketones (excluding diaryl/α,β-unsaturated/α-hetero) is 1. The molecule has 0 spiro atoms. The number of carbonyl (C=O) groups is 3. The number of ketones is 2. The minimum Gasteiger partial charge on any atom is -0.463 e. The molecule has 1 saturated heterocycles. The Morgan fingerprint density at radius 3 is 2.24 bits per heavy atom. The lowest BCUT2D eigenvalue weighted by atomic mass is 9.37. The van der Waals surface area contributed by atoms with Crippen molar-refractivity contribution in [3.63, 3.8) is 0 Å². The van der Waals surface area contributed by atoms with Crippen LogP contribution in [0.25, 0.3) is 0 Å². The first-order valence-corrected chi connectivity index (χ1v) is 14.2. The standard InChI is InChI=1S/C31H48O7/c1-17(2)14-18(32)16-30(7,36)19-10-12-28(5)20(19)15-21-23-29(28,6)13-11-22(31(23,8)26(35)38-21)27(3,4)24(33)25(34)37-9/h14,19-23,26,35-36H,10-13,15-16H2,1-9H3/t19?,20-,21-,22+,23+,26-,28-,29-,30-,31+/m1/s1. The molecule has 4 rings (SSSR count). The van der Waals surface area contributed by atoms with Crippen LogP contribution in [0.3, 0.4) is 0 Å². The molecule has 4 aliphatic rings. The van der Waals surface area contributed by atoms with Crippen LogP contribution in [0, 0.1) is 45.3 Å². The monoisotopic (exact) mass is 532 g/mol. The van der Waals surface area contributed by atoms with E-state index in [0.717, 1.165) is 24.8 Å². The molecular formula is C31H48O7. The van der Waals surface area contributed by atoms with Crippen molar-refractivity contribution >= 4 is 17.5 Å². The van der Waals surface area contributed by atoms with Crippen LogP contribution in [-0.4, -0.2) is 52.9 Å². The van der Waals surface area contributed by atoms with E-state index in [0.29, 0.717) is 12.8 Å². The van der Waals surface area contributed by atoms with Gasteiger partial charge in [0.1, 0.15) is 0 Å². The Labute approximate surface area is 227 Å². The highest BCUT2D eigenvalue weighted by Gasteiger charge is 2.75. The number of aliphatic hydroxyl groups excluding tert-OH is 1. The molecule has 38 heavy (non-hydrogen) atoms. The number of ether oxygens (including phenoxy) is 2. The Hall–Kier alpha value is -1.57. The van der Waals surface area contributed by atoms with E-state index in [1.54, 1.807) is 26.8 Å². The van der Waals surface area contributed by atoms with Crippen molar-refractivity contribution in [2.45, 2.75) is 112 Å². The highest BCUT2D eigenvalue weighted by atomic mass is 16.6. The van der Waals surface area contributed by atoms with Crippen molar-refractivity contribution in [2.24, 2.45) is 45.3 Å². The van der Waals surface area contributed by atoms with Crippen LogP contribution in [-0.2, 0) is 23.9 Å². The van der Waals surface area contributed by atoms with Crippen molar-refractivity contribution in [1.82, 2.24) is 0 Å². The molecular weight excluding hydrogens is 484 g/mol. The van der Waals surface area contributed by atoms with Crippen molar-refractivity contribution in [3.05, 3.63) is 11.6 Å². The molecule has 3 saturated carbocycles. The SMILES string of the molecule is COC(=O)C(=O)C(C)(C)[C@@H]1CC[C@]2(C)[C@@H]3[C@@H](C[C@@H]4C([C@](C)(O)CC(=O)C=C(C)C)CC[C@]42C)O[C@@H](O)[C@]31C. The third-order valence-corrected chi connectivity index (χ3v) is 11.9. The predicted octanol–water partition coefficient (Wildman–Crippen LogP) is 4.62. The summed E-state index contributed by atoms with van der Waals surface area (Å²) in [5, 5.41) is 23.1. The van der Waals surface area contributed by atoms with Gasteiger partial charge in [0.2, 0.25) is 5.78 Å². The number of carbonyl (C=O) groups excluding carboxylic acids is 3. The van der Waals surface area contributed by atoms with Crippen molar-refractivity contribution in [2.75, 3.05) is 7.11 Å². The predicted molar refractivity (Wildman–Crippen MR) is 143 cm³/mol. The summed E-state index contributed by atoms with van der Waals surface area (Å²) in [6.45, 7) is 15.9. The van der Waals surface area contributed by atoms with E-state index in [-0.39, 0.29) is 52.8 Å². The molecule has 3 aliphatic carbocycles. The van der Waals surface area contributed by atoms with Gasteiger partial charge in [0, 0.05) is 23.2 Å². The molecule has 2 N–H and O–H groups in total. The Morgan fingerprint density at radius 2 is 1.66 bits per heavy atom. The minimum atomic E-state index is -1.14. The fourth-order valence-corrected chi connectivity index (χ4v) is 10.1. The van der Waals surface area contributed by atoms with Crippen molar-refractivity contribution in [3.8, 4) is 0 Å². The first-order valence-electron chi connectivity index (χ1n) is 14.2. The summed E-state index contributed by atoms with van der Waals surface area (Å²) in [5.74, 6) is -1.66. The maximum atomic E-state index is 13.2. The second-order valence-corrected chi connectivity index (χ2v) is 14.5. The van der Waals surface area contributed by atoms with E-state index in [2.05, 4.69) is 13.8 Å². The van der Waals surface area contributed by atoms with E-state index in [1.165, 1.54) is 7.11 Å². The molecule has 7 heteroatoms. The van der Waals surface area contributed by atoms with Crippen LogP contribution >= 0.6 is 0 Å². The fraction of sp³-hybridized carbons (Fsp3) is 0.839. The largest absolute Gasteiger partial charge is 0.463 e. The molecule has 1 heterocycles. The third kappa shape index (κ3) is 3.97. The summed E-state index contributed by atoms with van der Waals surface area (Å²) >= 11 is 0. The highest BCUT2D eigenvalue weighted by Crippen LogP contribution is 2.76. The molecule has 10 atom stereocenters. The van der Waals surface area contributed by atoms with Crippen LogP contribution in [0.5, 0.6) is 0 Å². The number of aliphatic hydroxyl groups is 2. The fourth-order valence-electron chi connectivity index (χ4n) is 10.1. The first kappa shape index (κ1) is 29.4. The minimum absolute atomic E-state index is 0.00859. The molecule has 0 aromatic carbocycles. The molecule has 7 nitrogen and oxygen atoms in total. The molecule has 1 unspecified atom stereocenters. The smallest absolute Gasteiger partial charge is 0.374 e. The summed E-state index contributed by atoms with van der Waals surface area (Å²) in [7, 11) is 1.22. The topological polar surface area (TPSA) is 110 Å². The van der Waals surface area contributed by atoms with Crippen LogP contribution < -0.4 is 0 Å². The summed E-state index contributed by atoms with van der Waals surface area (Å²) in [5.41, 5.74) is -2.29. The molecule has 0 bridgehead atoms. The Morgan fingerprint density at radius 1 is 1.05 bits per heavy atom. The first-order chi connectivity index (χ1) is 17.4. The zero-order chi connectivity index (χ0) is 28.6. The average molecular weight is 533 g/mol. The van der Waals surface area contributed by atoms with Gasteiger partial charge in [0.25, 0.3) is 0 Å². The Bertz CT molecular complexity index is 1040. The second-order valence-electron chi connectivity index (χ2n) is 14.5. The lowest BCUT2D eigenvalue weighted by molar-refractivity contribution is -0.202. The number of hydrogen-bond acceptors (Lipinski definition) is 7. The summed E-state index contributed by atoms with van der Waals surface area (Å²) in [6, 6.07) is 0. The summed E-state index contributed by atoms with van der Waals surface area (Å²) in [6.07, 6.45) is 4.38. The average Bonchev–Trinajstić information content (AvgIpc) is 3.28. The van der Waals surface area contributed by atoms with E-state index < -0.39 is 34.5 Å². The molecule has 4 fully saturated rings. The number of esters is 1. The summed E-state index contributed by atoms with van der Waals surface area (Å²) in [4.78, 5) is 38.1. The second kappa shape index (κ2) is 9.24. The quantitative estimate of drug-likeness (QED) is 0.280. The maximum absolute atomic E-state index is 13.2. The Kier molecular flexibility index (Phi) is 7.15. The van der Waals surface area contributed by atoms with Crippen LogP contribution in [0.15, 0.2) is 11.6 Å². The van der Waals surface area contributed by atoms with Gasteiger partial charge >= 0.3 is 5.97 Å². The van der Waals surface area contributed by atoms with Gasteiger partial charge in [-0.3, -0.25) is 9.59 Å². The lowest BCUT2D eigenvalue weighted by Gasteiger charge is -2.66. The van der Waals surface area contributed by atoms with Crippen LogP contribution in [0.1, 0.15) is 93.9 Å². The third-order valence-electron chi connectivity index (χ3n) is 11.9. The van der Waals surface area contributed by atoms with E-state index in [4.69, 9.17) is 9.47 Å². The number of methoxy groups -OCH3 is 1. The molecule has 0 aromatic heterocycles. The number of fused-ring (bicyclic) bond motifs is 2. The van der Waals surface area contributed by atoms with Crippen LogP contribution in [0.2, 0.25) is 0 Å². The van der Waals surface area contributed by atoms with Gasteiger partial charge in [0.15, 0.2) is 12.1 Å². The van der Waals surface area contributed by atoms with Crippen LogP contribution in [0.4, 0.5) is 0 Å². The van der Waals surface area contributed by atoms with Crippen molar-refractivity contribution in [1.29, 1.82) is 0 Å². The molecule has 0 aromatic rings. The van der Waals surface area contributed by atoms with Gasteiger partial charge in [-0.2, -0.15) is 0 Å². The lowest BCUT2D eigenvalue weighted by Crippen LogP contribution is -2.65. The summed E-state index contributed by atoms with van der Waals surface area (Å²) < 4.78 is 11.1. The molecule has 0 amide bonds. The zero-order valence-electron chi connectivity index (χ0n) is 24.7. The molecule has 1 aliphatic heterocycles. The molecule has 214 valence electrons. The van der Waals surface area contributed by atoms with Gasteiger partial charge in [-0.1, -0.05) is 40.2 Å². The van der Waals surface area contributed by atoms with E-state index in [9.17, 15) is 24.6 Å². The number of hydrogen-bond donors (Lipinski definition) is 2. The van der Waals surface area contributed by atoms with Gasteiger partial charge in [-0.05, 0) is 87.5 Å². The zero-order valence-corrected chi connectivity index (χ0v) is 24.7. The van der Waals surface area contributed by atoms with Gasteiger partial charge < -0.3 is 19.7 Å². The number of rotatable bonds is 7. The highest BCUT2D eigenvalue weighted by molar-refractivity contribution is 6.35. The molecule has 0 radical (unpaired) electrons. The van der Waals surface area contributed by atoms with E-state index >= 15 is 0 Å². The van der Waals surface area contributed by atoms with Crippen molar-refractivity contribution < 1.29 is 34.1 Å². The normalized spacial score (nSPS) is 43.4. The van der Waals surface area contributed by atoms with Gasteiger partial charge in [0.05, 0.1) is 18.8 Å². The van der Waals surface area contributed by atoms with Gasteiger partial charge in [-0.25, -0.2) is 4.79 Å². The van der Waals surface area contributed by atoms with E-state index in [1.807, 2.05) is 20.8 Å².